The number of anilines is 2. The minimum Gasteiger partial charge on any atom is -0.373 e. The van der Waals surface area contributed by atoms with Gasteiger partial charge in [-0.1, -0.05) is 18.2 Å². The number of nitrogens with zero attached hydrogens (tertiary/aromatic N) is 2. The second-order valence-electron chi connectivity index (χ2n) is 4.12. The van der Waals surface area contributed by atoms with E-state index in [2.05, 4.69) is 20.6 Å². The van der Waals surface area contributed by atoms with Crippen LogP contribution in [0.3, 0.4) is 0 Å². The van der Waals surface area contributed by atoms with E-state index in [-0.39, 0.29) is 11.9 Å². The van der Waals surface area contributed by atoms with Gasteiger partial charge in [0.15, 0.2) is 0 Å². The summed E-state index contributed by atoms with van der Waals surface area (Å²) in [6, 6.07) is 9.37. The van der Waals surface area contributed by atoms with Crippen molar-refractivity contribution in [1.82, 2.24) is 9.97 Å². The molecule has 0 spiro atoms. The number of benzene rings is 1. The molecule has 0 aliphatic carbocycles. The lowest BCUT2D eigenvalue weighted by Gasteiger charge is -2.10. The Bertz CT molecular complexity index is 545. The Labute approximate surface area is 104 Å². The van der Waals surface area contributed by atoms with Crippen LogP contribution in [-0.4, -0.2) is 21.9 Å². The zero-order chi connectivity index (χ0) is 12.4. The molecule has 1 amide bonds. The predicted molar refractivity (Wildman–Crippen MR) is 68.2 cm³/mol. The van der Waals surface area contributed by atoms with E-state index < -0.39 is 0 Å². The fraction of sp³-hybridized carbons (Fsp3) is 0.154. The maximum absolute atomic E-state index is 12.0. The van der Waals surface area contributed by atoms with E-state index in [1.807, 2.05) is 24.3 Å². The number of hydrogen-bond donors (Lipinski definition) is 2. The molecule has 0 unspecified atom stereocenters. The highest BCUT2D eigenvalue weighted by Gasteiger charge is 2.26. The van der Waals surface area contributed by atoms with Crippen molar-refractivity contribution in [3.05, 3.63) is 48.3 Å². The summed E-state index contributed by atoms with van der Waals surface area (Å²) in [7, 11) is 0. The Morgan fingerprint density at radius 3 is 2.78 bits per heavy atom. The van der Waals surface area contributed by atoms with Gasteiger partial charge < -0.3 is 5.32 Å². The molecule has 2 aromatic rings. The maximum Gasteiger partial charge on any atom is 0.249 e. The molecule has 5 heteroatoms. The smallest absolute Gasteiger partial charge is 0.249 e. The maximum atomic E-state index is 12.0. The first kappa shape index (κ1) is 10.7. The Morgan fingerprint density at radius 2 is 2.00 bits per heavy atom. The number of carbonyl (C=O) groups excluding carboxylic acids is 1. The van der Waals surface area contributed by atoms with Crippen molar-refractivity contribution >= 4 is 17.5 Å². The summed E-state index contributed by atoms with van der Waals surface area (Å²) in [6.07, 6.45) is 3.88. The number of para-hydroxylation sites is 1. The summed E-state index contributed by atoms with van der Waals surface area (Å²) >= 11 is 0. The van der Waals surface area contributed by atoms with Gasteiger partial charge >= 0.3 is 0 Å². The van der Waals surface area contributed by atoms with Crippen LogP contribution < -0.4 is 10.6 Å². The molecule has 5 nitrogen and oxygen atoms in total. The number of amides is 1. The molecule has 1 atom stereocenters. The van der Waals surface area contributed by atoms with Gasteiger partial charge in [0.2, 0.25) is 11.9 Å². The largest absolute Gasteiger partial charge is 0.373 e. The molecule has 2 heterocycles. The molecule has 0 bridgehead atoms. The van der Waals surface area contributed by atoms with Crippen LogP contribution in [0, 0.1) is 0 Å². The molecule has 0 saturated heterocycles. The van der Waals surface area contributed by atoms with Crippen molar-refractivity contribution in [1.29, 1.82) is 0 Å². The normalized spacial score (nSPS) is 16.8. The number of nitrogens with one attached hydrogen (secondary N) is 2. The van der Waals surface area contributed by atoms with Crippen LogP contribution in [0.2, 0.25) is 0 Å². The van der Waals surface area contributed by atoms with Crippen molar-refractivity contribution in [2.75, 3.05) is 10.6 Å². The Morgan fingerprint density at radius 1 is 1.22 bits per heavy atom. The molecule has 2 N–H and O–H groups in total. The highest BCUT2D eigenvalue weighted by Crippen LogP contribution is 2.25. The van der Waals surface area contributed by atoms with Gasteiger partial charge in [0.1, 0.15) is 6.04 Å². The van der Waals surface area contributed by atoms with Crippen LogP contribution in [0.1, 0.15) is 5.56 Å². The number of aromatic nitrogens is 2. The molecular weight excluding hydrogens is 228 g/mol. The Hall–Kier alpha value is -2.43. The molecule has 1 aliphatic rings. The quantitative estimate of drug-likeness (QED) is 0.833. The van der Waals surface area contributed by atoms with E-state index in [9.17, 15) is 4.79 Å². The summed E-state index contributed by atoms with van der Waals surface area (Å²) in [6.45, 7) is 0. The van der Waals surface area contributed by atoms with E-state index in [0.717, 1.165) is 11.3 Å². The first-order chi connectivity index (χ1) is 8.83. The minimum atomic E-state index is -0.258. The van der Waals surface area contributed by atoms with Crippen LogP contribution in [0.5, 0.6) is 0 Å². The second-order valence-corrected chi connectivity index (χ2v) is 4.12. The summed E-state index contributed by atoms with van der Waals surface area (Å²) in [5.74, 6) is 0.220. The van der Waals surface area contributed by atoms with Crippen LogP contribution in [0.4, 0.5) is 11.6 Å². The van der Waals surface area contributed by atoms with Gasteiger partial charge in [-0.15, -0.1) is 0 Å². The SMILES string of the molecule is O=C(Nc1ncccn1)[C@@H]1Cc2ccccc2N1. The molecule has 90 valence electrons. The lowest BCUT2D eigenvalue weighted by Crippen LogP contribution is -2.33. The van der Waals surface area contributed by atoms with Gasteiger partial charge in [0.05, 0.1) is 0 Å². The van der Waals surface area contributed by atoms with Gasteiger partial charge in [0, 0.05) is 24.5 Å². The molecule has 0 radical (unpaired) electrons. The summed E-state index contributed by atoms with van der Waals surface area (Å²) in [4.78, 5) is 20.0. The van der Waals surface area contributed by atoms with Crippen LogP contribution in [0.15, 0.2) is 42.7 Å². The molecule has 1 aliphatic heterocycles. The third-order valence-corrected chi connectivity index (χ3v) is 2.89. The van der Waals surface area contributed by atoms with E-state index in [0.29, 0.717) is 12.4 Å². The van der Waals surface area contributed by atoms with Crippen molar-refractivity contribution in [3.8, 4) is 0 Å². The topological polar surface area (TPSA) is 66.9 Å². The molecule has 1 aromatic heterocycles. The number of carbonyl (C=O) groups is 1. The standard InChI is InChI=1S/C13H12N4O/c18-12(17-13-14-6-3-7-15-13)11-8-9-4-1-2-5-10(9)16-11/h1-7,11,16H,8H2,(H,14,15,17,18)/t11-/m0/s1. The second kappa shape index (κ2) is 4.44. The fourth-order valence-corrected chi connectivity index (χ4v) is 2.02. The zero-order valence-electron chi connectivity index (χ0n) is 9.63. The van der Waals surface area contributed by atoms with Crippen LogP contribution in [-0.2, 0) is 11.2 Å². The molecular formula is C13H12N4O. The minimum absolute atomic E-state index is 0.114. The van der Waals surface area contributed by atoms with Gasteiger partial charge in [0.25, 0.3) is 0 Å². The van der Waals surface area contributed by atoms with Crippen molar-refractivity contribution in [2.45, 2.75) is 12.5 Å². The van der Waals surface area contributed by atoms with E-state index in [1.54, 1.807) is 18.5 Å². The average Bonchev–Trinajstić information content (AvgIpc) is 2.84. The number of hydrogen-bond acceptors (Lipinski definition) is 4. The molecule has 0 saturated carbocycles. The highest BCUT2D eigenvalue weighted by molar-refractivity contribution is 5.96. The predicted octanol–water partition coefficient (Wildman–Crippen LogP) is 1.45. The summed E-state index contributed by atoms with van der Waals surface area (Å²) in [5, 5.41) is 5.88. The van der Waals surface area contributed by atoms with Gasteiger partial charge in [-0.3, -0.25) is 10.1 Å². The first-order valence-electron chi connectivity index (χ1n) is 5.75. The van der Waals surface area contributed by atoms with Crippen molar-refractivity contribution < 1.29 is 4.79 Å². The van der Waals surface area contributed by atoms with Crippen LogP contribution in [0.25, 0.3) is 0 Å². The van der Waals surface area contributed by atoms with E-state index in [4.69, 9.17) is 0 Å². The molecule has 18 heavy (non-hydrogen) atoms. The molecule has 0 fully saturated rings. The fourth-order valence-electron chi connectivity index (χ4n) is 2.02. The third kappa shape index (κ3) is 2.02. The van der Waals surface area contributed by atoms with Crippen molar-refractivity contribution in [2.24, 2.45) is 0 Å². The monoisotopic (exact) mass is 240 g/mol. The number of fused-ring (bicyclic) bond motifs is 1. The first-order valence-corrected chi connectivity index (χ1v) is 5.75. The number of rotatable bonds is 2. The van der Waals surface area contributed by atoms with Crippen molar-refractivity contribution in [3.63, 3.8) is 0 Å². The molecule has 3 rings (SSSR count). The van der Waals surface area contributed by atoms with E-state index in [1.165, 1.54) is 0 Å². The van der Waals surface area contributed by atoms with Gasteiger partial charge in [-0.25, -0.2) is 9.97 Å². The summed E-state index contributed by atoms with van der Waals surface area (Å²) < 4.78 is 0. The summed E-state index contributed by atoms with van der Waals surface area (Å²) in [5.41, 5.74) is 2.18. The Kier molecular flexibility index (Phi) is 2.64. The lowest BCUT2D eigenvalue weighted by atomic mass is 10.1. The Balaban J connectivity index is 1.70. The third-order valence-electron chi connectivity index (χ3n) is 2.89. The van der Waals surface area contributed by atoms with E-state index >= 15 is 0 Å². The zero-order valence-corrected chi connectivity index (χ0v) is 9.63. The van der Waals surface area contributed by atoms with Crippen LogP contribution >= 0.6 is 0 Å². The van der Waals surface area contributed by atoms with Gasteiger partial charge in [-0.2, -0.15) is 0 Å². The lowest BCUT2D eigenvalue weighted by molar-refractivity contribution is -0.116. The molecule has 1 aromatic carbocycles. The van der Waals surface area contributed by atoms with Gasteiger partial charge in [-0.05, 0) is 17.7 Å². The average molecular weight is 240 g/mol. The highest BCUT2D eigenvalue weighted by atomic mass is 16.2.